The number of carboxylic acids is 1. The third-order valence-electron chi connectivity index (χ3n) is 8.04. The summed E-state index contributed by atoms with van der Waals surface area (Å²) in [5.74, 6) is -3.25. The number of rotatable bonds is 11. The van der Waals surface area contributed by atoms with Crippen LogP contribution >= 0.6 is 11.6 Å². The molecule has 0 unspecified atom stereocenters. The van der Waals surface area contributed by atoms with Crippen molar-refractivity contribution < 1.29 is 41.1 Å². The molecule has 0 radical (unpaired) electrons. The van der Waals surface area contributed by atoms with E-state index in [-0.39, 0.29) is 30.0 Å². The second-order valence-corrected chi connectivity index (χ2v) is 13.7. The third kappa shape index (κ3) is 11.6. The summed E-state index contributed by atoms with van der Waals surface area (Å²) in [6, 6.07) is 12.8. The largest absolute Gasteiger partial charge is 0.490 e. The number of amides is 2. The Bertz CT molecular complexity index is 1440. The van der Waals surface area contributed by atoms with Crippen LogP contribution in [0.5, 0.6) is 0 Å². The van der Waals surface area contributed by atoms with Crippen LogP contribution in [-0.2, 0) is 43.2 Å². The van der Waals surface area contributed by atoms with E-state index in [9.17, 15) is 31.2 Å². The Morgan fingerprint density at radius 1 is 1.00 bits per heavy atom. The minimum Gasteiger partial charge on any atom is -0.475 e. The zero-order valence-corrected chi connectivity index (χ0v) is 26.8. The average Bonchev–Trinajstić information content (AvgIpc) is 3.50. The number of aliphatic carboxylic acids is 1. The van der Waals surface area contributed by atoms with Crippen LogP contribution < -0.4 is 15.8 Å². The van der Waals surface area contributed by atoms with Gasteiger partial charge in [-0.3, -0.25) is 9.59 Å². The highest BCUT2D eigenvalue weighted by Gasteiger charge is 2.40. The van der Waals surface area contributed by atoms with Crippen LogP contribution in [0.25, 0.3) is 0 Å². The Kier molecular flexibility index (Phi) is 13.8. The van der Waals surface area contributed by atoms with Gasteiger partial charge in [0.2, 0.25) is 21.8 Å². The van der Waals surface area contributed by atoms with Gasteiger partial charge in [0.05, 0.1) is 5.75 Å². The van der Waals surface area contributed by atoms with E-state index < -0.39 is 34.3 Å². The Balaban J connectivity index is 0.000000738. The molecule has 0 bridgehead atoms. The van der Waals surface area contributed by atoms with Crippen molar-refractivity contribution in [3.8, 4) is 0 Å². The van der Waals surface area contributed by atoms with Crippen LogP contribution in [0.1, 0.15) is 68.1 Å². The molecule has 5 N–H and O–H groups in total. The number of carboxylic acid groups (broad SMARTS) is 1. The molecular weight excluding hydrogens is 649 g/mol. The van der Waals surface area contributed by atoms with Gasteiger partial charge in [0.15, 0.2) is 0 Å². The highest BCUT2D eigenvalue weighted by molar-refractivity contribution is 7.88. The highest BCUT2D eigenvalue weighted by atomic mass is 35.5. The number of nitrogens with two attached hydrogens (primary N) is 1. The number of sulfonamides is 1. The van der Waals surface area contributed by atoms with Gasteiger partial charge in [-0.25, -0.2) is 17.9 Å². The maximum atomic E-state index is 13.9. The molecule has 2 atom stereocenters. The van der Waals surface area contributed by atoms with Gasteiger partial charge in [-0.2, -0.15) is 13.2 Å². The van der Waals surface area contributed by atoms with Crippen molar-refractivity contribution in [2.45, 2.75) is 88.5 Å². The smallest absolute Gasteiger partial charge is 0.475 e. The molecular formula is C31H40ClF3N4O6S. The molecule has 2 aromatic rings. The van der Waals surface area contributed by atoms with Crippen LogP contribution in [0.2, 0.25) is 5.02 Å². The molecule has 254 valence electrons. The first-order valence-corrected chi connectivity index (χ1v) is 17.1. The first kappa shape index (κ1) is 37.3. The lowest BCUT2D eigenvalue weighted by atomic mass is 9.84. The predicted molar refractivity (Wildman–Crippen MR) is 167 cm³/mol. The molecule has 0 aromatic heterocycles. The van der Waals surface area contributed by atoms with Crippen molar-refractivity contribution in [2.75, 3.05) is 6.54 Å². The van der Waals surface area contributed by atoms with Crippen molar-refractivity contribution in [3.05, 3.63) is 70.2 Å². The van der Waals surface area contributed by atoms with Crippen LogP contribution in [0.4, 0.5) is 13.2 Å². The standard InChI is InChI=1S/C29H39ClN4O4S.C2HF3O2/c30-25-14-13-23(18-31)24(17-25)19-32-28(35)27-12-7-15-34(27)29(36)26(16-21-8-3-1-4-9-21)33-39(37,38)20-22-10-5-2-6-11-22;3-2(4,5)1(6)7/h2,5-6,10-11,13-14,17,21,26-27,33H,1,3-4,7-9,12,15-16,18-20,31H2,(H,32,35);(H,6,7)/t26-,27+;/m1./s1. The lowest BCUT2D eigenvalue weighted by molar-refractivity contribution is -0.192. The number of carbonyl (C=O) groups excluding carboxylic acids is 2. The van der Waals surface area contributed by atoms with Crippen LogP contribution in [0.15, 0.2) is 48.5 Å². The predicted octanol–water partition coefficient (Wildman–Crippen LogP) is 4.50. The van der Waals surface area contributed by atoms with Gasteiger partial charge in [0.1, 0.15) is 12.1 Å². The summed E-state index contributed by atoms with van der Waals surface area (Å²) in [4.78, 5) is 37.6. The molecule has 1 aliphatic heterocycles. The van der Waals surface area contributed by atoms with E-state index in [1.807, 2.05) is 12.1 Å². The summed E-state index contributed by atoms with van der Waals surface area (Å²) in [5.41, 5.74) is 8.21. The number of benzene rings is 2. The molecule has 2 amide bonds. The summed E-state index contributed by atoms with van der Waals surface area (Å²) in [5, 5.41) is 10.6. The van der Waals surface area contributed by atoms with Gasteiger partial charge in [0.25, 0.3) is 0 Å². The van der Waals surface area contributed by atoms with Crippen LogP contribution in [-0.4, -0.2) is 61.0 Å². The maximum Gasteiger partial charge on any atom is 0.490 e. The molecule has 0 spiro atoms. The summed E-state index contributed by atoms with van der Waals surface area (Å²) in [6.45, 7) is 0.992. The molecule has 15 heteroatoms. The normalized spacial score (nSPS) is 17.9. The second kappa shape index (κ2) is 17.1. The molecule has 10 nitrogen and oxygen atoms in total. The third-order valence-corrected chi connectivity index (χ3v) is 9.63. The average molecular weight is 689 g/mol. The van der Waals surface area contributed by atoms with Gasteiger partial charge in [-0.15, -0.1) is 0 Å². The van der Waals surface area contributed by atoms with Gasteiger partial charge in [-0.1, -0.05) is 80.1 Å². The highest BCUT2D eigenvalue weighted by Crippen LogP contribution is 2.29. The van der Waals surface area contributed by atoms with E-state index in [0.717, 1.165) is 36.8 Å². The van der Waals surface area contributed by atoms with Gasteiger partial charge in [-0.05, 0) is 54.0 Å². The number of nitrogens with zero attached hydrogens (tertiary/aromatic N) is 1. The number of alkyl halides is 3. The molecule has 2 aromatic carbocycles. The fourth-order valence-electron chi connectivity index (χ4n) is 5.77. The Labute approximate surface area is 271 Å². The minimum atomic E-state index is -5.08. The maximum absolute atomic E-state index is 13.9. The fraction of sp³-hybridized carbons (Fsp3) is 0.516. The number of nitrogens with one attached hydrogen (secondary N) is 2. The van der Waals surface area contributed by atoms with Crippen molar-refractivity contribution >= 4 is 39.4 Å². The first-order valence-electron chi connectivity index (χ1n) is 15.1. The van der Waals surface area contributed by atoms with E-state index in [4.69, 9.17) is 27.2 Å². The van der Waals surface area contributed by atoms with Gasteiger partial charge in [0, 0.05) is 24.7 Å². The summed E-state index contributed by atoms with van der Waals surface area (Å²) >= 11 is 6.14. The monoisotopic (exact) mass is 688 g/mol. The lowest BCUT2D eigenvalue weighted by Gasteiger charge is -2.31. The lowest BCUT2D eigenvalue weighted by Crippen LogP contribution is -2.54. The quantitative estimate of drug-likeness (QED) is 0.271. The van der Waals surface area contributed by atoms with E-state index in [0.29, 0.717) is 42.9 Å². The van der Waals surface area contributed by atoms with Crippen molar-refractivity contribution in [2.24, 2.45) is 11.7 Å². The van der Waals surface area contributed by atoms with Crippen molar-refractivity contribution in [1.29, 1.82) is 0 Å². The topological polar surface area (TPSA) is 159 Å². The summed E-state index contributed by atoms with van der Waals surface area (Å²) in [7, 11) is -3.78. The number of carbonyl (C=O) groups is 3. The molecule has 1 saturated carbocycles. The SMILES string of the molecule is NCc1ccc(Cl)cc1CNC(=O)[C@@H]1CCCN1C(=O)[C@@H](CC1CCCCC1)NS(=O)(=O)Cc1ccccc1.O=C(O)C(F)(F)F. The van der Waals surface area contributed by atoms with Crippen molar-refractivity contribution in [3.63, 3.8) is 0 Å². The van der Waals surface area contributed by atoms with Crippen LogP contribution in [0.3, 0.4) is 0 Å². The summed E-state index contributed by atoms with van der Waals surface area (Å²) < 4.78 is 60.8. The summed E-state index contributed by atoms with van der Waals surface area (Å²) in [6.07, 6.45) is 1.89. The fourth-order valence-corrected chi connectivity index (χ4v) is 7.31. The van der Waals surface area contributed by atoms with Gasteiger partial charge >= 0.3 is 12.1 Å². The molecule has 2 aliphatic rings. The van der Waals surface area contributed by atoms with E-state index in [1.165, 1.54) is 6.42 Å². The van der Waals surface area contributed by atoms with E-state index in [1.54, 1.807) is 41.3 Å². The Morgan fingerprint density at radius 3 is 2.26 bits per heavy atom. The van der Waals surface area contributed by atoms with Crippen LogP contribution in [0, 0.1) is 5.92 Å². The molecule has 4 rings (SSSR count). The Hall–Kier alpha value is -3.20. The number of halogens is 4. The minimum absolute atomic E-state index is 0.199. The molecule has 46 heavy (non-hydrogen) atoms. The zero-order chi connectivity index (χ0) is 33.9. The number of likely N-dealkylation sites (tertiary alicyclic amines) is 1. The first-order chi connectivity index (χ1) is 21.7. The molecule has 1 heterocycles. The number of hydrogen-bond donors (Lipinski definition) is 4. The number of hydrogen-bond acceptors (Lipinski definition) is 6. The molecule has 1 aliphatic carbocycles. The molecule has 1 saturated heterocycles. The van der Waals surface area contributed by atoms with E-state index >= 15 is 0 Å². The van der Waals surface area contributed by atoms with E-state index in [2.05, 4.69) is 10.0 Å². The van der Waals surface area contributed by atoms with Gasteiger partial charge < -0.3 is 21.1 Å². The zero-order valence-electron chi connectivity index (χ0n) is 25.3. The van der Waals surface area contributed by atoms with Crippen molar-refractivity contribution in [1.82, 2.24) is 14.9 Å². The second-order valence-electron chi connectivity index (χ2n) is 11.5. The Morgan fingerprint density at radius 2 is 1.65 bits per heavy atom. The molecule has 2 fully saturated rings.